The van der Waals surface area contributed by atoms with E-state index in [1.165, 1.54) is 30.3 Å². The maximum absolute atomic E-state index is 13.8. The molecule has 29 heavy (non-hydrogen) atoms. The second-order valence-electron chi connectivity index (χ2n) is 5.97. The van der Waals surface area contributed by atoms with E-state index in [-0.39, 0.29) is 16.3 Å². The van der Waals surface area contributed by atoms with Crippen LogP contribution in [0.3, 0.4) is 0 Å². The van der Waals surface area contributed by atoms with Crippen LogP contribution < -0.4 is 9.62 Å². The van der Waals surface area contributed by atoms with Crippen molar-refractivity contribution in [3.63, 3.8) is 0 Å². The smallest absolute Gasteiger partial charge is 0.264 e. The summed E-state index contributed by atoms with van der Waals surface area (Å²) in [6.45, 7) is -0.709. The van der Waals surface area contributed by atoms with Crippen molar-refractivity contribution < 1.29 is 26.4 Å². The number of hydrogen-bond acceptors (Lipinski definition) is 3. The van der Waals surface area contributed by atoms with Crippen molar-refractivity contribution in [3.05, 3.63) is 90.2 Å². The summed E-state index contributed by atoms with van der Waals surface area (Å²) in [6.07, 6.45) is 0. The summed E-state index contributed by atoms with van der Waals surface area (Å²) < 4.78 is 67.0. The van der Waals surface area contributed by atoms with Gasteiger partial charge in [0, 0.05) is 0 Å². The van der Waals surface area contributed by atoms with Crippen LogP contribution in [-0.2, 0) is 14.8 Å². The molecule has 1 N–H and O–H groups in total. The van der Waals surface area contributed by atoms with Crippen molar-refractivity contribution >= 4 is 27.3 Å². The van der Waals surface area contributed by atoms with Gasteiger partial charge in [-0.25, -0.2) is 21.6 Å². The molecule has 0 bridgehead atoms. The molecule has 0 aliphatic rings. The molecule has 9 heteroatoms. The topological polar surface area (TPSA) is 66.5 Å². The Bertz CT molecular complexity index is 1120. The molecule has 150 valence electrons. The van der Waals surface area contributed by atoms with E-state index < -0.39 is 39.9 Å². The van der Waals surface area contributed by atoms with Crippen LogP contribution >= 0.6 is 0 Å². The fraction of sp³-hybridized carbons (Fsp3) is 0.0500. The predicted octanol–water partition coefficient (Wildman–Crippen LogP) is 3.94. The fourth-order valence-electron chi connectivity index (χ4n) is 2.54. The molecule has 3 aromatic carbocycles. The minimum Gasteiger partial charge on any atom is -0.322 e. The lowest BCUT2D eigenvalue weighted by Crippen LogP contribution is -2.38. The average Bonchev–Trinajstić information content (AvgIpc) is 2.69. The number of nitrogens with one attached hydrogen (secondary N) is 1. The minimum atomic E-state index is -4.29. The Labute approximate surface area is 165 Å². The molecule has 0 unspecified atom stereocenters. The SMILES string of the molecule is O=C(CN(c1ccc(F)cc1)S(=O)(=O)c1ccc(F)cc1)Nc1ccccc1F. The Balaban J connectivity index is 1.95. The first kappa shape index (κ1) is 20.4. The number of sulfonamides is 1. The van der Waals surface area contributed by atoms with Gasteiger partial charge < -0.3 is 5.32 Å². The van der Waals surface area contributed by atoms with E-state index in [1.807, 2.05) is 0 Å². The first-order valence-corrected chi connectivity index (χ1v) is 9.79. The summed E-state index contributed by atoms with van der Waals surface area (Å²) in [4.78, 5) is 12.2. The number of amides is 1. The van der Waals surface area contributed by atoms with Gasteiger partial charge in [0.15, 0.2) is 0 Å². The third kappa shape index (κ3) is 4.75. The van der Waals surface area contributed by atoms with Gasteiger partial charge in [-0.2, -0.15) is 0 Å². The normalized spacial score (nSPS) is 11.1. The van der Waals surface area contributed by atoms with Crippen LogP contribution in [0.25, 0.3) is 0 Å². The monoisotopic (exact) mass is 420 g/mol. The predicted molar refractivity (Wildman–Crippen MR) is 102 cm³/mol. The zero-order valence-electron chi connectivity index (χ0n) is 14.8. The highest BCUT2D eigenvalue weighted by molar-refractivity contribution is 7.92. The minimum absolute atomic E-state index is 0.0133. The van der Waals surface area contributed by atoms with Gasteiger partial charge in [0.1, 0.15) is 24.0 Å². The molecule has 5 nitrogen and oxygen atoms in total. The molecule has 0 saturated heterocycles. The van der Waals surface area contributed by atoms with E-state index in [2.05, 4.69) is 5.32 Å². The third-order valence-electron chi connectivity index (χ3n) is 3.95. The summed E-state index contributed by atoms with van der Waals surface area (Å²) in [5.41, 5.74) is -0.102. The zero-order valence-corrected chi connectivity index (χ0v) is 15.7. The van der Waals surface area contributed by atoms with Crippen molar-refractivity contribution in [2.24, 2.45) is 0 Å². The van der Waals surface area contributed by atoms with Crippen LogP contribution in [-0.4, -0.2) is 20.9 Å². The van der Waals surface area contributed by atoms with Gasteiger partial charge in [0.2, 0.25) is 5.91 Å². The van der Waals surface area contributed by atoms with Gasteiger partial charge in [0.25, 0.3) is 10.0 Å². The van der Waals surface area contributed by atoms with E-state index in [0.717, 1.165) is 46.8 Å². The van der Waals surface area contributed by atoms with Crippen molar-refractivity contribution in [1.29, 1.82) is 0 Å². The zero-order chi connectivity index (χ0) is 21.0. The van der Waals surface area contributed by atoms with Crippen LogP contribution in [0.1, 0.15) is 0 Å². The maximum atomic E-state index is 13.8. The Morgan fingerprint density at radius 3 is 1.97 bits per heavy atom. The number of carbonyl (C=O) groups excluding carboxylic acids is 1. The van der Waals surface area contributed by atoms with Gasteiger partial charge in [-0.15, -0.1) is 0 Å². The van der Waals surface area contributed by atoms with Crippen molar-refractivity contribution in [1.82, 2.24) is 0 Å². The number of benzene rings is 3. The number of hydrogen-bond donors (Lipinski definition) is 1. The molecular weight excluding hydrogens is 405 g/mol. The molecule has 0 fully saturated rings. The number of rotatable bonds is 6. The van der Waals surface area contributed by atoms with Crippen LogP contribution in [0.15, 0.2) is 77.7 Å². The number of nitrogens with zero attached hydrogens (tertiary/aromatic N) is 1. The summed E-state index contributed by atoms with van der Waals surface area (Å²) >= 11 is 0. The first-order chi connectivity index (χ1) is 13.8. The standard InChI is InChI=1S/C20H15F3N2O3S/c21-14-5-9-16(10-6-14)25(29(27,28)17-11-7-15(22)8-12-17)13-20(26)24-19-4-2-1-3-18(19)23/h1-12H,13H2,(H,24,26). The number of halogens is 3. The molecule has 3 rings (SSSR count). The number of para-hydroxylation sites is 1. The van der Waals surface area contributed by atoms with Crippen LogP contribution in [0.2, 0.25) is 0 Å². The lowest BCUT2D eigenvalue weighted by Gasteiger charge is -2.24. The summed E-state index contributed by atoms with van der Waals surface area (Å²) in [6, 6.07) is 13.9. The van der Waals surface area contributed by atoms with Gasteiger partial charge in [0.05, 0.1) is 16.3 Å². The molecular formula is C20H15F3N2O3S. The molecule has 3 aromatic rings. The van der Waals surface area contributed by atoms with E-state index in [4.69, 9.17) is 0 Å². The van der Waals surface area contributed by atoms with Gasteiger partial charge in [-0.1, -0.05) is 12.1 Å². The third-order valence-corrected chi connectivity index (χ3v) is 5.74. The largest absolute Gasteiger partial charge is 0.322 e. The van der Waals surface area contributed by atoms with E-state index in [1.54, 1.807) is 0 Å². The number of carbonyl (C=O) groups is 1. The Hall–Kier alpha value is -3.33. The lowest BCUT2D eigenvalue weighted by molar-refractivity contribution is -0.114. The molecule has 0 aliphatic carbocycles. The van der Waals surface area contributed by atoms with E-state index in [9.17, 15) is 26.4 Å². The van der Waals surface area contributed by atoms with Crippen molar-refractivity contribution in [2.75, 3.05) is 16.2 Å². The Morgan fingerprint density at radius 1 is 0.828 bits per heavy atom. The molecule has 0 aliphatic heterocycles. The second-order valence-corrected chi connectivity index (χ2v) is 7.83. The van der Waals surface area contributed by atoms with Crippen molar-refractivity contribution in [2.45, 2.75) is 4.90 Å². The van der Waals surface area contributed by atoms with Gasteiger partial charge in [-0.05, 0) is 60.7 Å². The highest BCUT2D eigenvalue weighted by Crippen LogP contribution is 2.24. The van der Waals surface area contributed by atoms with Crippen molar-refractivity contribution in [3.8, 4) is 0 Å². The highest BCUT2D eigenvalue weighted by atomic mass is 32.2. The molecule has 0 atom stereocenters. The summed E-state index contributed by atoms with van der Waals surface area (Å²) in [5.74, 6) is -2.72. The second kappa shape index (κ2) is 8.36. The maximum Gasteiger partial charge on any atom is 0.264 e. The quantitative estimate of drug-likeness (QED) is 0.657. The molecule has 0 heterocycles. The Morgan fingerprint density at radius 2 is 1.38 bits per heavy atom. The summed E-state index contributed by atoms with van der Waals surface area (Å²) in [5, 5.41) is 2.30. The molecule has 1 amide bonds. The van der Waals surface area contributed by atoms with Crippen LogP contribution in [0.5, 0.6) is 0 Å². The summed E-state index contributed by atoms with van der Waals surface area (Å²) in [7, 11) is -4.29. The highest BCUT2D eigenvalue weighted by Gasteiger charge is 2.27. The van der Waals surface area contributed by atoms with Gasteiger partial charge in [-0.3, -0.25) is 9.10 Å². The Kier molecular flexibility index (Phi) is 5.88. The van der Waals surface area contributed by atoms with E-state index >= 15 is 0 Å². The molecule has 0 radical (unpaired) electrons. The fourth-order valence-corrected chi connectivity index (χ4v) is 3.96. The molecule has 0 aromatic heterocycles. The average molecular weight is 420 g/mol. The van der Waals surface area contributed by atoms with Gasteiger partial charge >= 0.3 is 0 Å². The molecule has 0 spiro atoms. The number of anilines is 2. The lowest BCUT2D eigenvalue weighted by atomic mass is 10.3. The van der Waals surface area contributed by atoms with E-state index in [0.29, 0.717) is 0 Å². The first-order valence-electron chi connectivity index (χ1n) is 8.35. The van der Waals surface area contributed by atoms with Crippen LogP contribution in [0.4, 0.5) is 24.5 Å². The molecule has 0 saturated carbocycles. The van der Waals surface area contributed by atoms with Crippen LogP contribution in [0, 0.1) is 17.5 Å².